The van der Waals surface area contributed by atoms with Crippen LogP contribution in [0.3, 0.4) is 0 Å². The number of amides is 2. The van der Waals surface area contributed by atoms with Gasteiger partial charge in [-0.2, -0.15) is 13.2 Å². The van der Waals surface area contributed by atoms with E-state index in [0.717, 1.165) is 12.4 Å². The summed E-state index contributed by atoms with van der Waals surface area (Å²) >= 11 is 7.68. The Morgan fingerprint density at radius 1 is 1.30 bits per heavy atom. The summed E-state index contributed by atoms with van der Waals surface area (Å²) in [4.78, 5) is 35.1. The number of ether oxygens (including phenoxy) is 1. The Morgan fingerprint density at radius 3 is 2.61 bits per heavy atom. The molecule has 0 spiro atoms. The van der Waals surface area contributed by atoms with Gasteiger partial charge in [-0.15, -0.1) is 23.4 Å². The maximum absolute atomic E-state index is 12.6. The first-order valence-corrected chi connectivity index (χ1v) is 11.8. The normalized spacial score (nSPS) is 22.8. The number of carbonyl (C=O) groups is 2. The van der Waals surface area contributed by atoms with Crippen LogP contribution < -0.4 is 15.8 Å². The molecule has 184 valence electrons. The molecule has 0 aromatic carbocycles. The Kier molecular flexibility index (Phi) is 9.02. The van der Waals surface area contributed by atoms with Crippen molar-refractivity contribution in [1.82, 2.24) is 25.7 Å². The molecule has 2 fully saturated rings. The first-order chi connectivity index (χ1) is 15.6. The summed E-state index contributed by atoms with van der Waals surface area (Å²) in [5, 5.41) is -0.566. The number of hydrazine groups is 1. The van der Waals surface area contributed by atoms with Crippen molar-refractivity contribution >= 4 is 41.1 Å². The quantitative estimate of drug-likeness (QED) is 0.398. The van der Waals surface area contributed by atoms with E-state index < -0.39 is 17.1 Å². The molecule has 0 bridgehead atoms. The smallest absolute Gasteiger partial charge is 0.380 e. The van der Waals surface area contributed by atoms with Crippen molar-refractivity contribution in [3.63, 3.8) is 0 Å². The average molecular weight is 511 g/mol. The highest BCUT2D eigenvalue weighted by Gasteiger charge is 2.33. The number of halogens is 4. The summed E-state index contributed by atoms with van der Waals surface area (Å²) in [6, 6.07) is 0. The van der Waals surface area contributed by atoms with Gasteiger partial charge in [-0.1, -0.05) is 6.92 Å². The number of nitrogens with zero attached hydrogens (tertiary/aromatic N) is 4. The largest absolute Gasteiger partial charge is 0.419 e. The number of rotatable bonds is 8. The van der Waals surface area contributed by atoms with E-state index in [1.54, 1.807) is 21.6 Å². The van der Waals surface area contributed by atoms with Crippen LogP contribution in [0, 0.1) is 0 Å². The molecular formula is C19H26ClF3N6O3S. The number of hydrogen-bond acceptors (Lipinski definition) is 8. The molecule has 0 radical (unpaired) electrons. The molecule has 1 aromatic heterocycles. The van der Waals surface area contributed by atoms with Gasteiger partial charge in [-0.25, -0.2) is 15.4 Å². The monoisotopic (exact) mass is 510 g/mol. The van der Waals surface area contributed by atoms with E-state index in [2.05, 4.69) is 20.8 Å². The van der Waals surface area contributed by atoms with Gasteiger partial charge in [0.25, 0.3) is 5.91 Å². The van der Waals surface area contributed by atoms with Crippen LogP contribution in [-0.2, 0) is 20.5 Å². The summed E-state index contributed by atoms with van der Waals surface area (Å²) in [5.41, 5.74) is 4.41. The van der Waals surface area contributed by atoms with Gasteiger partial charge < -0.3 is 14.5 Å². The second kappa shape index (κ2) is 11.5. The van der Waals surface area contributed by atoms with Crippen molar-refractivity contribution in [2.24, 2.45) is 0 Å². The minimum absolute atomic E-state index is 0.0442. The van der Waals surface area contributed by atoms with Crippen LogP contribution in [0.25, 0.3) is 0 Å². The lowest BCUT2D eigenvalue weighted by Gasteiger charge is -2.34. The maximum atomic E-state index is 12.6. The summed E-state index contributed by atoms with van der Waals surface area (Å²) in [7, 11) is 0. The minimum atomic E-state index is -4.47. The third-order valence-corrected chi connectivity index (χ3v) is 7.23. The zero-order valence-electron chi connectivity index (χ0n) is 18.0. The van der Waals surface area contributed by atoms with Gasteiger partial charge >= 0.3 is 6.18 Å². The van der Waals surface area contributed by atoms with E-state index in [1.165, 1.54) is 0 Å². The molecule has 0 aliphatic carbocycles. The number of carbonyl (C=O) groups excluding carboxylic acids is 2. The fraction of sp³-hybridized carbons (Fsp3) is 0.684. The molecule has 2 unspecified atom stereocenters. The Hall–Kier alpha value is -1.83. The van der Waals surface area contributed by atoms with Gasteiger partial charge in [-0.3, -0.25) is 15.0 Å². The van der Waals surface area contributed by atoms with E-state index in [9.17, 15) is 22.8 Å². The number of hydrogen-bond donors (Lipinski definition) is 2. The molecule has 9 nitrogen and oxygen atoms in total. The van der Waals surface area contributed by atoms with Crippen molar-refractivity contribution in [2.45, 2.75) is 35.4 Å². The first kappa shape index (κ1) is 25.8. The molecule has 2 N–H and O–H groups in total. The van der Waals surface area contributed by atoms with Crippen LogP contribution >= 0.6 is 23.4 Å². The second-order valence-electron chi connectivity index (χ2n) is 7.72. The van der Waals surface area contributed by atoms with Crippen LogP contribution in [0.1, 0.15) is 18.9 Å². The molecule has 2 aliphatic rings. The third-order valence-electron chi connectivity index (χ3n) is 5.19. The van der Waals surface area contributed by atoms with Crippen molar-refractivity contribution in [2.75, 3.05) is 50.8 Å². The highest BCUT2D eigenvalue weighted by Crippen LogP contribution is 2.28. The van der Waals surface area contributed by atoms with Crippen LogP contribution in [0.5, 0.6) is 0 Å². The lowest BCUT2D eigenvalue weighted by Crippen LogP contribution is -2.55. The van der Waals surface area contributed by atoms with Gasteiger partial charge in [-0.05, 0) is 0 Å². The fourth-order valence-electron chi connectivity index (χ4n) is 3.39. The fourth-order valence-corrected chi connectivity index (χ4v) is 4.92. The molecule has 3 rings (SSSR count). The second-order valence-corrected chi connectivity index (χ2v) is 9.87. The van der Waals surface area contributed by atoms with Crippen LogP contribution in [0.15, 0.2) is 12.4 Å². The number of nitrogens with one attached hydrogen (secondary N) is 2. The molecule has 3 heterocycles. The molecule has 3 atom stereocenters. The maximum Gasteiger partial charge on any atom is 0.419 e. The van der Waals surface area contributed by atoms with Crippen LogP contribution in [0.2, 0.25) is 0 Å². The number of alkyl halides is 4. The molecular weight excluding hydrogens is 485 g/mol. The number of piperazine rings is 1. The molecule has 2 saturated heterocycles. The van der Waals surface area contributed by atoms with E-state index in [4.69, 9.17) is 16.3 Å². The lowest BCUT2D eigenvalue weighted by atomic mass is 10.2. The van der Waals surface area contributed by atoms with Crippen LogP contribution in [-0.4, -0.2) is 88.5 Å². The molecule has 1 aromatic rings. The van der Waals surface area contributed by atoms with Gasteiger partial charge in [0.1, 0.15) is 5.38 Å². The Morgan fingerprint density at radius 2 is 1.97 bits per heavy atom. The van der Waals surface area contributed by atoms with E-state index in [-0.39, 0.29) is 41.3 Å². The topological polar surface area (TPSA) is 99.7 Å². The van der Waals surface area contributed by atoms with Crippen molar-refractivity contribution in [3.05, 3.63) is 18.0 Å². The molecule has 14 heteroatoms. The Labute approximate surface area is 198 Å². The van der Waals surface area contributed by atoms with Crippen molar-refractivity contribution < 1.29 is 27.5 Å². The summed E-state index contributed by atoms with van der Waals surface area (Å²) in [6.07, 6.45) is -2.70. The number of anilines is 1. The van der Waals surface area contributed by atoms with Crippen molar-refractivity contribution in [3.8, 4) is 0 Å². The minimum Gasteiger partial charge on any atom is -0.380 e. The third kappa shape index (κ3) is 7.33. The summed E-state index contributed by atoms with van der Waals surface area (Å²) < 4.78 is 43.5. The Bertz CT molecular complexity index is 811. The van der Waals surface area contributed by atoms with Crippen LogP contribution in [0.4, 0.5) is 19.1 Å². The lowest BCUT2D eigenvalue weighted by molar-refractivity contribution is -0.138. The molecule has 2 aliphatic heterocycles. The van der Waals surface area contributed by atoms with E-state index in [0.29, 0.717) is 39.3 Å². The first-order valence-electron chi connectivity index (χ1n) is 10.5. The zero-order valence-corrected chi connectivity index (χ0v) is 19.5. The standard InChI is InChI=1S/C19H26ClF3N6O3S/c1-12(33-14-10-26-27-17(31)16(14)20)11-32-7-2-15(30)28-3-5-29(6-4-28)18-24-8-13(9-25-18)19(21,22)23/h8-9,12,14,16,26H,2-7,10-11H2,1H3,(H,27,31)/t12-,14?,16?/m0/s1. The van der Waals surface area contributed by atoms with E-state index >= 15 is 0 Å². The Balaban J connectivity index is 1.33. The molecule has 0 saturated carbocycles. The van der Waals surface area contributed by atoms with Gasteiger partial charge in [0.2, 0.25) is 11.9 Å². The summed E-state index contributed by atoms with van der Waals surface area (Å²) in [5.74, 6) is -0.0730. The molecule has 2 amide bonds. The van der Waals surface area contributed by atoms with Gasteiger partial charge in [0, 0.05) is 55.6 Å². The predicted molar refractivity (Wildman–Crippen MR) is 118 cm³/mol. The number of thioether (sulfide) groups is 1. The van der Waals surface area contributed by atoms with Gasteiger partial charge in [0.15, 0.2) is 0 Å². The van der Waals surface area contributed by atoms with Crippen molar-refractivity contribution in [1.29, 1.82) is 0 Å². The highest BCUT2D eigenvalue weighted by molar-refractivity contribution is 8.00. The molecule has 33 heavy (non-hydrogen) atoms. The van der Waals surface area contributed by atoms with E-state index in [1.807, 2.05) is 6.92 Å². The summed E-state index contributed by atoms with van der Waals surface area (Å²) in [6.45, 7) is 5.00. The average Bonchev–Trinajstić information content (AvgIpc) is 2.79. The SMILES string of the molecule is C[C@@H](COCCC(=O)N1CCN(c2ncc(C(F)(F)F)cn2)CC1)SC1CNNC(=O)C1Cl. The highest BCUT2D eigenvalue weighted by atomic mass is 35.5. The number of aromatic nitrogens is 2. The zero-order chi connectivity index (χ0) is 24.0. The predicted octanol–water partition coefficient (Wildman–Crippen LogP) is 1.28. The van der Waals surface area contributed by atoms with Gasteiger partial charge in [0.05, 0.1) is 25.2 Å².